The van der Waals surface area contributed by atoms with Crippen molar-refractivity contribution in [2.45, 2.75) is 72.1 Å². The maximum Gasteiger partial charge on any atom is 0.119 e. The monoisotopic (exact) mass is 263 g/mol. The Hall–Kier alpha value is -1.02. The number of hydrogen-bond acceptors (Lipinski definition) is 2. The minimum absolute atomic E-state index is 0.238. The SMILES string of the molecule is CCCCCC(C)NCc1ccc(OC(C)C)cc1. The van der Waals surface area contributed by atoms with Crippen LogP contribution in [0.4, 0.5) is 0 Å². The Kier molecular flexibility index (Phi) is 7.57. The van der Waals surface area contributed by atoms with Gasteiger partial charge in [-0.2, -0.15) is 0 Å². The van der Waals surface area contributed by atoms with E-state index in [9.17, 15) is 0 Å². The molecule has 2 heteroatoms. The summed E-state index contributed by atoms with van der Waals surface area (Å²) < 4.78 is 5.64. The molecule has 0 spiro atoms. The fraction of sp³-hybridized carbons (Fsp3) is 0.647. The number of hydrogen-bond donors (Lipinski definition) is 1. The molecule has 0 bridgehead atoms. The van der Waals surface area contributed by atoms with Crippen molar-refractivity contribution in [3.63, 3.8) is 0 Å². The molecule has 19 heavy (non-hydrogen) atoms. The predicted molar refractivity (Wildman–Crippen MR) is 82.6 cm³/mol. The highest BCUT2D eigenvalue weighted by Crippen LogP contribution is 2.14. The summed E-state index contributed by atoms with van der Waals surface area (Å²) in [5.41, 5.74) is 1.32. The molecule has 0 heterocycles. The molecule has 1 aromatic rings. The van der Waals surface area contributed by atoms with Crippen LogP contribution in [0, 0.1) is 0 Å². The lowest BCUT2D eigenvalue weighted by Crippen LogP contribution is -2.25. The molecule has 0 fully saturated rings. The first-order chi connectivity index (χ1) is 9.11. The van der Waals surface area contributed by atoms with Gasteiger partial charge in [0.1, 0.15) is 5.75 Å². The second kappa shape index (κ2) is 8.98. The van der Waals surface area contributed by atoms with E-state index in [2.05, 4.69) is 43.4 Å². The van der Waals surface area contributed by atoms with Crippen molar-refractivity contribution in [2.24, 2.45) is 0 Å². The van der Waals surface area contributed by atoms with Gasteiger partial charge in [-0.1, -0.05) is 38.3 Å². The van der Waals surface area contributed by atoms with E-state index in [4.69, 9.17) is 4.74 Å². The molecule has 0 aliphatic rings. The second-order valence-corrected chi connectivity index (χ2v) is 5.59. The number of benzene rings is 1. The van der Waals surface area contributed by atoms with Crippen molar-refractivity contribution < 1.29 is 4.74 Å². The van der Waals surface area contributed by atoms with E-state index in [-0.39, 0.29) is 6.10 Å². The number of unbranched alkanes of at least 4 members (excludes halogenated alkanes) is 2. The van der Waals surface area contributed by atoms with Crippen LogP contribution in [0.25, 0.3) is 0 Å². The normalized spacial score (nSPS) is 12.7. The molecule has 1 atom stereocenters. The first-order valence-electron chi connectivity index (χ1n) is 7.60. The molecular formula is C17H29NO. The van der Waals surface area contributed by atoms with Gasteiger partial charge in [0, 0.05) is 12.6 Å². The summed E-state index contributed by atoms with van der Waals surface area (Å²) >= 11 is 0. The quantitative estimate of drug-likeness (QED) is 0.661. The molecule has 1 aromatic carbocycles. The lowest BCUT2D eigenvalue weighted by Gasteiger charge is -2.14. The Morgan fingerprint density at radius 1 is 1.05 bits per heavy atom. The van der Waals surface area contributed by atoms with Crippen LogP contribution in [0.5, 0.6) is 5.75 Å². The van der Waals surface area contributed by atoms with Crippen molar-refractivity contribution in [3.8, 4) is 5.75 Å². The summed E-state index contributed by atoms with van der Waals surface area (Å²) in [5.74, 6) is 0.953. The summed E-state index contributed by atoms with van der Waals surface area (Å²) in [6.07, 6.45) is 5.47. The first-order valence-corrected chi connectivity index (χ1v) is 7.60. The molecular weight excluding hydrogens is 234 g/mol. The summed E-state index contributed by atoms with van der Waals surface area (Å²) in [7, 11) is 0. The van der Waals surface area contributed by atoms with Crippen LogP contribution < -0.4 is 10.1 Å². The van der Waals surface area contributed by atoms with Gasteiger partial charge < -0.3 is 10.1 Å². The van der Waals surface area contributed by atoms with Gasteiger partial charge in [0.05, 0.1) is 6.10 Å². The Labute approximate surface area is 118 Å². The molecule has 2 nitrogen and oxygen atoms in total. The first kappa shape index (κ1) is 16.0. The van der Waals surface area contributed by atoms with Gasteiger partial charge in [0.2, 0.25) is 0 Å². The summed E-state index contributed by atoms with van der Waals surface area (Å²) in [6, 6.07) is 8.99. The van der Waals surface area contributed by atoms with Gasteiger partial charge in [-0.05, 0) is 44.9 Å². The van der Waals surface area contributed by atoms with E-state index in [1.54, 1.807) is 0 Å². The van der Waals surface area contributed by atoms with Crippen LogP contribution in [0.15, 0.2) is 24.3 Å². The maximum absolute atomic E-state index is 5.64. The topological polar surface area (TPSA) is 21.3 Å². The summed E-state index contributed by atoms with van der Waals surface area (Å²) in [6.45, 7) is 9.56. The third kappa shape index (κ3) is 7.22. The van der Waals surface area contributed by atoms with Crippen LogP contribution in [0.1, 0.15) is 58.9 Å². The number of ether oxygens (including phenoxy) is 1. The fourth-order valence-electron chi connectivity index (χ4n) is 2.05. The minimum atomic E-state index is 0.238. The van der Waals surface area contributed by atoms with Crippen LogP contribution >= 0.6 is 0 Å². The Bertz CT molecular complexity index is 332. The number of nitrogens with one attached hydrogen (secondary N) is 1. The van der Waals surface area contributed by atoms with Gasteiger partial charge in [-0.25, -0.2) is 0 Å². The van der Waals surface area contributed by atoms with Crippen molar-refractivity contribution >= 4 is 0 Å². The molecule has 108 valence electrons. The van der Waals surface area contributed by atoms with E-state index in [1.807, 2.05) is 13.8 Å². The van der Waals surface area contributed by atoms with E-state index in [1.165, 1.54) is 31.2 Å². The molecule has 0 amide bonds. The Morgan fingerprint density at radius 2 is 1.74 bits per heavy atom. The zero-order valence-corrected chi connectivity index (χ0v) is 12.9. The highest BCUT2D eigenvalue weighted by molar-refractivity contribution is 5.27. The van der Waals surface area contributed by atoms with Crippen molar-refractivity contribution in [1.29, 1.82) is 0 Å². The highest BCUT2D eigenvalue weighted by atomic mass is 16.5. The summed E-state index contributed by atoms with van der Waals surface area (Å²) in [5, 5.41) is 3.58. The third-order valence-corrected chi connectivity index (χ3v) is 3.19. The Morgan fingerprint density at radius 3 is 2.32 bits per heavy atom. The van der Waals surface area contributed by atoms with Gasteiger partial charge in [-0.3, -0.25) is 0 Å². The molecule has 1 N–H and O–H groups in total. The average molecular weight is 263 g/mol. The molecule has 0 aromatic heterocycles. The smallest absolute Gasteiger partial charge is 0.119 e. The molecule has 1 unspecified atom stereocenters. The molecule has 0 radical (unpaired) electrons. The van der Waals surface area contributed by atoms with E-state index in [0.717, 1.165) is 12.3 Å². The van der Waals surface area contributed by atoms with Gasteiger partial charge in [0.25, 0.3) is 0 Å². The highest BCUT2D eigenvalue weighted by Gasteiger charge is 2.02. The molecule has 0 aliphatic carbocycles. The van der Waals surface area contributed by atoms with E-state index in [0.29, 0.717) is 6.04 Å². The van der Waals surface area contributed by atoms with Crippen LogP contribution in [-0.2, 0) is 6.54 Å². The molecule has 0 saturated carbocycles. The van der Waals surface area contributed by atoms with Gasteiger partial charge >= 0.3 is 0 Å². The second-order valence-electron chi connectivity index (χ2n) is 5.59. The van der Waals surface area contributed by atoms with Crippen LogP contribution in [0.2, 0.25) is 0 Å². The molecule has 0 saturated heterocycles. The maximum atomic E-state index is 5.64. The predicted octanol–water partition coefficient (Wildman–Crippen LogP) is 4.53. The van der Waals surface area contributed by atoms with Crippen LogP contribution in [-0.4, -0.2) is 12.1 Å². The zero-order chi connectivity index (χ0) is 14.1. The van der Waals surface area contributed by atoms with Crippen molar-refractivity contribution in [2.75, 3.05) is 0 Å². The van der Waals surface area contributed by atoms with Crippen LogP contribution in [0.3, 0.4) is 0 Å². The molecule has 0 aliphatic heterocycles. The fourth-order valence-corrected chi connectivity index (χ4v) is 2.05. The zero-order valence-electron chi connectivity index (χ0n) is 12.9. The Balaban J connectivity index is 2.29. The lowest BCUT2D eigenvalue weighted by molar-refractivity contribution is 0.242. The largest absolute Gasteiger partial charge is 0.491 e. The van der Waals surface area contributed by atoms with E-state index < -0.39 is 0 Å². The van der Waals surface area contributed by atoms with Crippen molar-refractivity contribution in [3.05, 3.63) is 29.8 Å². The average Bonchev–Trinajstić information content (AvgIpc) is 2.37. The minimum Gasteiger partial charge on any atom is -0.491 e. The van der Waals surface area contributed by atoms with Gasteiger partial charge in [-0.15, -0.1) is 0 Å². The standard InChI is InChI=1S/C17H29NO/c1-5-6-7-8-15(4)18-13-16-9-11-17(12-10-16)19-14(2)3/h9-12,14-15,18H,5-8,13H2,1-4H3. The summed E-state index contributed by atoms with van der Waals surface area (Å²) in [4.78, 5) is 0. The lowest BCUT2D eigenvalue weighted by atomic mass is 10.1. The van der Waals surface area contributed by atoms with E-state index >= 15 is 0 Å². The number of rotatable bonds is 9. The van der Waals surface area contributed by atoms with Gasteiger partial charge in [0.15, 0.2) is 0 Å². The van der Waals surface area contributed by atoms with Crippen molar-refractivity contribution in [1.82, 2.24) is 5.32 Å². The molecule has 1 rings (SSSR count). The third-order valence-electron chi connectivity index (χ3n) is 3.19.